The largest absolute Gasteiger partial charge is 0.392 e. The molecule has 2 aliphatic rings. The molecular formula is C11H19NO2. The second-order valence-corrected chi connectivity index (χ2v) is 4.85. The van der Waals surface area contributed by atoms with Gasteiger partial charge < -0.3 is 10.0 Å². The molecule has 2 saturated heterocycles. The molecule has 2 bridgehead atoms. The number of fused-ring (bicyclic) bond motifs is 2. The van der Waals surface area contributed by atoms with Gasteiger partial charge in [-0.3, -0.25) is 4.79 Å². The molecule has 1 amide bonds. The molecule has 2 aliphatic heterocycles. The Morgan fingerprint density at radius 2 is 1.64 bits per heavy atom. The molecule has 0 aliphatic carbocycles. The third-order valence-electron chi connectivity index (χ3n) is 4.13. The van der Waals surface area contributed by atoms with Crippen LogP contribution in [-0.2, 0) is 4.79 Å². The third-order valence-corrected chi connectivity index (χ3v) is 4.13. The average molecular weight is 197 g/mol. The van der Waals surface area contributed by atoms with Crippen LogP contribution in [0.1, 0.15) is 33.6 Å². The number of nitrogens with zero attached hydrogens (tertiary/aromatic N) is 1. The Balaban J connectivity index is 2.28. The van der Waals surface area contributed by atoms with Gasteiger partial charge in [0.05, 0.1) is 6.10 Å². The highest BCUT2D eigenvalue weighted by Crippen LogP contribution is 2.42. The number of aliphatic hydroxyl groups excluding tert-OH is 1. The second-order valence-electron chi connectivity index (χ2n) is 4.85. The molecule has 3 nitrogen and oxygen atoms in total. The van der Waals surface area contributed by atoms with Gasteiger partial charge in [0, 0.05) is 30.8 Å². The molecule has 3 heteroatoms. The van der Waals surface area contributed by atoms with E-state index in [1.165, 1.54) is 0 Å². The maximum atomic E-state index is 11.5. The monoisotopic (exact) mass is 197 g/mol. The van der Waals surface area contributed by atoms with Crippen LogP contribution in [0.4, 0.5) is 0 Å². The van der Waals surface area contributed by atoms with Gasteiger partial charge in [0.25, 0.3) is 0 Å². The summed E-state index contributed by atoms with van der Waals surface area (Å²) in [6.45, 7) is 5.76. The van der Waals surface area contributed by atoms with Crippen LogP contribution in [-0.4, -0.2) is 34.1 Å². The van der Waals surface area contributed by atoms with Crippen molar-refractivity contribution < 1.29 is 9.90 Å². The van der Waals surface area contributed by atoms with Crippen molar-refractivity contribution in [3.05, 3.63) is 0 Å². The predicted molar refractivity (Wildman–Crippen MR) is 53.7 cm³/mol. The van der Waals surface area contributed by atoms with Crippen LogP contribution < -0.4 is 0 Å². The molecule has 0 aromatic heterocycles. The lowest BCUT2D eigenvalue weighted by molar-refractivity contribution is -0.141. The molecule has 0 spiro atoms. The van der Waals surface area contributed by atoms with Crippen LogP contribution in [0, 0.1) is 11.8 Å². The highest BCUT2D eigenvalue weighted by molar-refractivity contribution is 5.74. The first-order valence-corrected chi connectivity index (χ1v) is 5.51. The maximum absolute atomic E-state index is 11.5. The van der Waals surface area contributed by atoms with Gasteiger partial charge in [-0.15, -0.1) is 0 Å². The topological polar surface area (TPSA) is 40.5 Å². The molecule has 0 aromatic rings. The minimum Gasteiger partial charge on any atom is -0.392 e. The quantitative estimate of drug-likeness (QED) is 0.629. The molecule has 0 aromatic carbocycles. The van der Waals surface area contributed by atoms with Gasteiger partial charge in [0.15, 0.2) is 0 Å². The van der Waals surface area contributed by atoms with Crippen LogP contribution in [0.3, 0.4) is 0 Å². The van der Waals surface area contributed by atoms with E-state index < -0.39 is 0 Å². The standard InChI is InChI=1S/C11H19NO2/c1-6-9-4-5-10(7(2)11(6)14)12(9)8(3)13/h6-7,9-11,14H,4-5H2,1-3H3. The molecular weight excluding hydrogens is 178 g/mol. The van der Waals surface area contributed by atoms with Gasteiger partial charge in [-0.25, -0.2) is 0 Å². The summed E-state index contributed by atoms with van der Waals surface area (Å²) < 4.78 is 0. The molecule has 0 saturated carbocycles. The van der Waals surface area contributed by atoms with Crippen LogP contribution in [0.25, 0.3) is 0 Å². The van der Waals surface area contributed by atoms with E-state index >= 15 is 0 Å². The summed E-state index contributed by atoms with van der Waals surface area (Å²) in [7, 11) is 0. The minimum absolute atomic E-state index is 0.170. The van der Waals surface area contributed by atoms with E-state index in [-0.39, 0.29) is 35.9 Å². The molecule has 2 fully saturated rings. The molecule has 0 radical (unpaired) electrons. The fourth-order valence-electron chi connectivity index (χ4n) is 3.30. The van der Waals surface area contributed by atoms with E-state index in [1.54, 1.807) is 6.92 Å². The van der Waals surface area contributed by atoms with E-state index in [0.29, 0.717) is 0 Å². The summed E-state index contributed by atoms with van der Waals surface area (Å²) in [5.41, 5.74) is 0. The molecule has 1 N–H and O–H groups in total. The lowest BCUT2D eigenvalue weighted by Gasteiger charge is -2.45. The van der Waals surface area contributed by atoms with Gasteiger partial charge in [-0.2, -0.15) is 0 Å². The van der Waals surface area contributed by atoms with Crippen molar-refractivity contribution in [1.29, 1.82) is 0 Å². The summed E-state index contributed by atoms with van der Waals surface area (Å²) in [5, 5.41) is 9.99. The SMILES string of the molecule is CC(=O)N1C2CCC1C(C)C(O)C2C. The van der Waals surface area contributed by atoms with E-state index in [4.69, 9.17) is 0 Å². The van der Waals surface area contributed by atoms with Crippen LogP contribution in [0.5, 0.6) is 0 Å². The summed E-state index contributed by atoms with van der Waals surface area (Å²) >= 11 is 0. The maximum Gasteiger partial charge on any atom is 0.219 e. The first-order valence-electron chi connectivity index (χ1n) is 5.51. The number of hydrogen-bond donors (Lipinski definition) is 1. The van der Waals surface area contributed by atoms with Crippen LogP contribution in [0.15, 0.2) is 0 Å². The summed E-state index contributed by atoms with van der Waals surface area (Å²) in [6, 6.07) is 0.562. The molecule has 80 valence electrons. The highest BCUT2D eigenvalue weighted by atomic mass is 16.3. The van der Waals surface area contributed by atoms with Crippen molar-refractivity contribution in [3.8, 4) is 0 Å². The number of piperidine rings is 1. The summed E-state index contributed by atoms with van der Waals surface area (Å²) in [4.78, 5) is 13.5. The number of rotatable bonds is 0. The van der Waals surface area contributed by atoms with Crippen molar-refractivity contribution >= 4 is 5.91 Å². The first kappa shape index (κ1) is 9.97. The Hall–Kier alpha value is -0.570. The fourth-order valence-corrected chi connectivity index (χ4v) is 3.30. The van der Waals surface area contributed by atoms with Crippen molar-refractivity contribution in [3.63, 3.8) is 0 Å². The Kier molecular flexibility index (Phi) is 2.30. The molecule has 2 rings (SSSR count). The summed E-state index contributed by atoms with van der Waals surface area (Å²) in [6.07, 6.45) is 1.89. The van der Waals surface area contributed by atoms with E-state index in [2.05, 4.69) is 13.8 Å². The average Bonchev–Trinajstić information content (AvgIpc) is 2.53. The zero-order chi connectivity index (χ0) is 10.5. The number of carbonyl (C=O) groups excluding carboxylic acids is 1. The van der Waals surface area contributed by atoms with Gasteiger partial charge in [-0.05, 0) is 12.8 Å². The Morgan fingerprint density at radius 1 is 1.21 bits per heavy atom. The predicted octanol–water partition coefficient (Wildman–Crippen LogP) is 1.01. The summed E-state index contributed by atoms with van der Waals surface area (Å²) in [5.74, 6) is 0.628. The smallest absolute Gasteiger partial charge is 0.219 e. The van der Waals surface area contributed by atoms with Crippen molar-refractivity contribution in [2.24, 2.45) is 11.8 Å². The molecule has 2 heterocycles. The van der Waals surface area contributed by atoms with Crippen LogP contribution >= 0.6 is 0 Å². The molecule has 14 heavy (non-hydrogen) atoms. The number of aliphatic hydroxyl groups is 1. The van der Waals surface area contributed by atoms with Crippen LogP contribution in [0.2, 0.25) is 0 Å². The fraction of sp³-hybridized carbons (Fsp3) is 0.909. The molecule has 4 unspecified atom stereocenters. The normalized spacial score (nSPS) is 46.9. The second kappa shape index (κ2) is 3.23. The number of amides is 1. The lowest BCUT2D eigenvalue weighted by Crippen LogP contribution is -2.56. The van der Waals surface area contributed by atoms with Crippen molar-refractivity contribution in [1.82, 2.24) is 4.90 Å². The van der Waals surface area contributed by atoms with Gasteiger partial charge in [-0.1, -0.05) is 13.8 Å². The van der Waals surface area contributed by atoms with E-state index in [0.717, 1.165) is 12.8 Å². The third kappa shape index (κ3) is 1.18. The Bertz CT molecular complexity index is 236. The highest BCUT2D eigenvalue weighted by Gasteiger charge is 2.49. The van der Waals surface area contributed by atoms with E-state index in [1.807, 2.05) is 4.90 Å². The zero-order valence-corrected chi connectivity index (χ0v) is 9.10. The van der Waals surface area contributed by atoms with E-state index in [9.17, 15) is 9.90 Å². The Labute approximate surface area is 85.1 Å². The van der Waals surface area contributed by atoms with Gasteiger partial charge >= 0.3 is 0 Å². The van der Waals surface area contributed by atoms with Crippen molar-refractivity contribution in [2.75, 3.05) is 0 Å². The van der Waals surface area contributed by atoms with Gasteiger partial charge in [0.1, 0.15) is 0 Å². The Morgan fingerprint density at radius 3 is 2.00 bits per heavy atom. The minimum atomic E-state index is -0.233. The van der Waals surface area contributed by atoms with Crippen molar-refractivity contribution in [2.45, 2.75) is 51.8 Å². The molecule has 4 atom stereocenters. The lowest BCUT2D eigenvalue weighted by atomic mass is 9.82. The first-order chi connectivity index (χ1) is 6.54. The van der Waals surface area contributed by atoms with Gasteiger partial charge in [0.2, 0.25) is 5.91 Å². The zero-order valence-electron chi connectivity index (χ0n) is 9.10. The number of hydrogen-bond acceptors (Lipinski definition) is 2. The number of carbonyl (C=O) groups is 1.